The Bertz CT molecular complexity index is 755. The Kier molecular flexibility index (Phi) is 6.17. The number of carbonyl (C=O) groups is 1. The summed E-state index contributed by atoms with van der Waals surface area (Å²) in [5.41, 5.74) is 3.63. The lowest BCUT2D eigenvalue weighted by Crippen LogP contribution is -2.29. The van der Waals surface area contributed by atoms with Crippen LogP contribution in [0.2, 0.25) is 0 Å². The van der Waals surface area contributed by atoms with E-state index in [1.54, 1.807) is 6.07 Å². The monoisotopic (exact) mass is 347 g/mol. The number of hydrogen-bond acceptors (Lipinski definition) is 3. The molecule has 0 unspecified atom stereocenters. The number of nitrogens with one attached hydrogen (secondary N) is 1. The molecule has 1 amide bonds. The SMILES string of the molecule is CCc1nn(C)c(CC)c1CC(=O)N[C@@H](C)c1cc(F)ccc1OC. The minimum atomic E-state index is -0.357. The lowest BCUT2D eigenvalue weighted by Gasteiger charge is -2.17. The maximum atomic E-state index is 13.5. The van der Waals surface area contributed by atoms with Crippen LogP contribution in [0.3, 0.4) is 0 Å². The largest absolute Gasteiger partial charge is 0.496 e. The van der Waals surface area contributed by atoms with Crippen molar-refractivity contribution in [2.24, 2.45) is 7.05 Å². The second-order valence-corrected chi connectivity index (χ2v) is 6.05. The molecule has 136 valence electrons. The number of ether oxygens (including phenoxy) is 1. The van der Waals surface area contributed by atoms with Crippen molar-refractivity contribution in [2.75, 3.05) is 7.11 Å². The fourth-order valence-electron chi connectivity index (χ4n) is 3.17. The number of rotatable bonds is 7. The molecule has 0 bridgehead atoms. The summed E-state index contributed by atoms with van der Waals surface area (Å²) < 4.78 is 20.7. The zero-order valence-electron chi connectivity index (χ0n) is 15.5. The molecule has 2 aromatic rings. The van der Waals surface area contributed by atoms with E-state index in [1.807, 2.05) is 25.6 Å². The van der Waals surface area contributed by atoms with Gasteiger partial charge in [0.25, 0.3) is 0 Å². The first-order valence-corrected chi connectivity index (χ1v) is 8.57. The van der Waals surface area contributed by atoms with Crippen LogP contribution in [0.1, 0.15) is 49.3 Å². The first-order valence-electron chi connectivity index (χ1n) is 8.57. The molecule has 25 heavy (non-hydrogen) atoms. The van der Waals surface area contributed by atoms with E-state index in [2.05, 4.69) is 17.3 Å². The van der Waals surface area contributed by atoms with Gasteiger partial charge in [0.2, 0.25) is 5.91 Å². The molecule has 0 spiro atoms. The quantitative estimate of drug-likeness (QED) is 0.837. The molecule has 1 heterocycles. The van der Waals surface area contributed by atoms with Gasteiger partial charge in [-0.2, -0.15) is 5.10 Å². The summed E-state index contributed by atoms with van der Waals surface area (Å²) in [5.74, 6) is 0.0842. The van der Waals surface area contributed by atoms with Crippen LogP contribution in [0.5, 0.6) is 5.75 Å². The van der Waals surface area contributed by atoms with E-state index >= 15 is 0 Å². The number of amides is 1. The molecule has 1 N–H and O–H groups in total. The van der Waals surface area contributed by atoms with Gasteiger partial charge >= 0.3 is 0 Å². The molecule has 0 aliphatic carbocycles. The Morgan fingerprint density at radius 2 is 2.08 bits per heavy atom. The number of nitrogens with zero attached hydrogens (tertiary/aromatic N) is 2. The van der Waals surface area contributed by atoms with Crippen molar-refractivity contribution in [3.05, 3.63) is 46.5 Å². The van der Waals surface area contributed by atoms with Crippen LogP contribution in [0.4, 0.5) is 4.39 Å². The van der Waals surface area contributed by atoms with E-state index in [9.17, 15) is 9.18 Å². The van der Waals surface area contributed by atoms with Gasteiger partial charge in [-0.3, -0.25) is 9.48 Å². The van der Waals surface area contributed by atoms with Crippen molar-refractivity contribution in [1.82, 2.24) is 15.1 Å². The molecule has 1 atom stereocenters. The Morgan fingerprint density at radius 3 is 2.68 bits per heavy atom. The van der Waals surface area contributed by atoms with E-state index in [-0.39, 0.29) is 24.2 Å². The molecule has 2 rings (SSSR count). The highest BCUT2D eigenvalue weighted by Gasteiger charge is 2.19. The molecule has 1 aromatic heterocycles. The minimum absolute atomic E-state index is 0.115. The Morgan fingerprint density at radius 1 is 1.36 bits per heavy atom. The number of hydrogen-bond donors (Lipinski definition) is 1. The topological polar surface area (TPSA) is 56.2 Å². The maximum Gasteiger partial charge on any atom is 0.225 e. The molecule has 6 heteroatoms. The van der Waals surface area contributed by atoms with Crippen LogP contribution in [0.25, 0.3) is 0 Å². The van der Waals surface area contributed by atoms with Crippen LogP contribution in [-0.4, -0.2) is 22.8 Å². The summed E-state index contributed by atoms with van der Waals surface area (Å²) in [6.45, 7) is 5.90. The fraction of sp³-hybridized carbons (Fsp3) is 0.474. The van der Waals surface area contributed by atoms with E-state index < -0.39 is 0 Å². The van der Waals surface area contributed by atoms with Gasteiger partial charge in [0.15, 0.2) is 0 Å². The third kappa shape index (κ3) is 4.18. The average Bonchev–Trinajstić information content (AvgIpc) is 2.89. The highest BCUT2D eigenvalue weighted by atomic mass is 19.1. The molecule has 1 aromatic carbocycles. The van der Waals surface area contributed by atoms with Gasteiger partial charge in [0.05, 0.1) is 25.3 Å². The van der Waals surface area contributed by atoms with Crippen molar-refractivity contribution in [3.63, 3.8) is 0 Å². The number of aromatic nitrogens is 2. The molecular formula is C19H26FN3O2. The molecule has 0 radical (unpaired) electrons. The lowest BCUT2D eigenvalue weighted by atomic mass is 10.0. The molecule has 0 aliphatic rings. The van der Waals surface area contributed by atoms with Gasteiger partial charge < -0.3 is 10.1 Å². The molecule has 0 fully saturated rings. The molecule has 5 nitrogen and oxygen atoms in total. The number of methoxy groups -OCH3 is 1. The van der Waals surface area contributed by atoms with Gasteiger partial charge in [-0.1, -0.05) is 13.8 Å². The molecule has 0 saturated carbocycles. The average molecular weight is 347 g/mol. The van der Waals surface area contributed by atoms with Crippen LogP contribution in [-0.2, 0) is 31.1 Å². The highest BCUT2D eigenvalue weighted by Crippen LogP contribution is 2.26. The standard InChI is InChI=1S/C19H26FN3O2/c1-6-16-15(17(7-2)23(4)22-16)11-19(24)21-12(3)14-10-13(20)8-9-18(14)25-5/h8-10,12H,6-7,11H2,1-5H3,(H,21,24)/t12-/m0/s1. The van der Waals surface area contributed by atoms with E-state index in [1.165, 1.54) is 19.2 Å². The summed E-state index contributed by atoms with van der Waals surface area (Å²) in [5, 5.41) is 7.43. The Labute approximate surface area is 148 Å². The highest BCUT2D eigenvalue weighted by molar-refractivity contribution is 5.79. The number of carbonyl (C=O) groups excluding carboxylic acids is 1. The van der Waals surface area contributed by atoms with E-state index in [0.29, 0.717) is 11.3 Å². The lowest BCUT2D eigenvalue weighted by molar-refractivity contribution is -0.121. The fourth-order valence-corrected chi connectivity index (χ4v) is 3.17. The van der Waals surface area contributed by atoms with Crippen LogP contribution < -0.4 is 10.1 Å². The van der Waals surface area contributed by atoms with E-state index in [0.717, 1.165) is 29.8 Å². The second-order valence-electron chi connectivity index (χ2n) is 6.05. The number of halogens is 1. The number of benzene rings is 1. The molecule has 0 saturated heterocycles. The first-order chi connectivity index (χ1) is 11.9. The molecular weight excluding hydrogens is 321 g/mol. The summed E-state index contributed by atoms with van der Waals surface area (Å²) in [7, 11) is 3.43. The van der Waals surface area contributed by atoms with Crippen molar-refractivity contribution in [1.29, 1.82) is 0 Å². The predicted octanol–water partition coefficient (Wildman–Crippen LogP) is 3.11. The summed E-state index contributed by atoms with van der Waals surface area (Å²) in [6.07, 6.45) is 1.87. The van der Waals surface area contributed by atoms with Gasteiger partial charge in [0.1, 0.15) is 11.6 Å². The van der Waals surface area contributed by atoms with Crippen molar-refractivity contribution >= 4 is 5.91 Å². The molecule has 0 aliphatic heterocycles. The van der Waals surface area contributed by atoms with E-state index in [4.69, 9.17) is 4.74 Å². The van der Waals surface area contributed by atoms with Crippen LogP contribution in [0, 0.1) is 5.82 Å². The zero-order valence-corrected chi connectivity index (χ0v) is 15.5. The van der Waals surface area contributed by atoms with Crippen molar-refractivity contribution in [3.8, 4) is 5.75 Å². The Hall–Kier alpha value is -2.37. The summed E-state index contributed by atoms with van der Waals surface area (Å²) >= 11 is 0. The van der Waals surface area contributed by atoms with Gasteiger partial charge in [-0.15, -0.1) is 0 Å². The van der Waals surface area contributed by atoms with Crippen molar-refractivity contribution in [2.45, 2.75) is 46.1 Å². The zero-order chi connectivity index (χ0) is 18.6. The van der Waals surface area contributed by atoms with Gasteiger partial charge in [-0.25, -0.2) is 4.39 Å². The summed E-state index contributed by atoms with van der Waals surface area (Å²) in [4.78, 5) is 12.5. The predicted molar refractivity (Wildman–Crippen MR) is 95.2 cm³/mol. The third-order valence-electron chi connectivity index (χ3n) is 4.40. The first kappa shape index (κ1) is 19.0. The summed E-state index contributed by atoms with van der Waals surface area (Å²) in [6, 6.07) is 3.94. The third-order valence-corrected chi connectivity index (χ3v) is 4.40. The minimum Gasteiger partial charge on any atom is -0.496 e. The second kappa shape index (κ2) is 8.14. The Balaban J connectivity index is 2.17. The number of aryl methyl sites for hydroxylation is 2. The van der Waals surface area contributed by atoms with Crippen LogP contribution >= 0.6 is 0 Å². The maximum absolute atomic E-state index is 13.5. The van der Waals surface area contributed by atoms with Crippen molar-refractivity contribution < 1.29 is 13.9 Å². The smallest absolute Gasteiger partial charge is 0.225 e. The van der Waals surface area contributed by atoms with Gasteiger partial charge in [-0.05, 0) is 38.0 Å². The van der Waals surface area contributed by atoms with Gasteiger partial charge in [0, 0.05) is 23.9 Å². The van der Waals surface area contributed by atoms with Crippen LogP contribution in [0.15, 0.2) is 18.2 Å². The normalized spacial score (nSPS) is 12.1.